The number of rotatable bonds is 3. The van der Waals surface area contributed by atoms with Crippen LogP contribution in [0, 0.1) is 0 Å². The molecule has 2 aromatic rings. The van der Waals surface area contributed by atoms with Crippen LogP contribution in [0.25, 0.3) is 0 Å². The van der Waals surface area contributed by atoms with Gasteiger partial charge in [0, 0.05) is 6.54 Å². The molecule has 1 fully saturated rings. The van der Waals surface area contributed by atoms with E-state index in [0.717, 1.165) is 18.5 Å². The van der Waals surface area contributed by atoms with Crippen LogP contribution in [-0.2, 0) is 11.2 Å². The van der Waals surface area contributed by atoms with Gasteiger partial charge in [0.05, 0.1) is 26.2 Å². The van der Waals surface area contributed by atoms with Gasteiger partial charge in [0.15, 0.2) is 11.5 Å². The van der Waals surface area contributed by atoms with Crippen molar-refractivity contribution in [3.63, 3.8) is 0 Å². The minimum absolute atomic E-state index is 0.128. The molecule has 2 heterocycles. The van der Waals surface area contributed by atoms with E-state index in [4.69, 9.17) is 9.47 Å². The maximum Gasteiger partial charge on any atom is 0.233 e. The summed E-state index contributed by atoms with van der Waals surface area (Å²) in [6.07, 6.45) is 0.942. The molecule has 4 heteroatoms. The van der Waals surface area contributed by atoms with Crippen molar-refractivity contribution in [2.24, 2.45) is 0 Å². The normalized spacial score (nSPS) is 22.0. The van der Waals surface area contributed by atoms with Gasteiger partial charge in [0.25, 0.3) is 0 Å². The van der Waals surface area contributed by atoms with Crippen molar-refractivity contribution in [1.82, 2.24) is 4.90 Å². The number of fused-ring (bicyclic) bond motifs is 3. The second kappa shape index (κ2) is 5.30. The first kappa shape index (κ1) is 14.1. The highest BCUT2D eigenvalue weighted by molar-refractivity contribution is 5.92. The molecule has 0 N–H and O–H groups in total. The molecule has 1 amide bonds. The summed E-state index contributed by atoms with van der Waals surface area (Å²) in [5, 5.41) is 0. The fourth-order valence-electron chi connectivity index (χ4n) is 3.81. The largest absolute Gasteiger partial charge is 0.493 e. The number of carbonyl (C=O) groups excluding carboxylic acids is 1. The van der Waals surface area contributed by atoms with Gasteiger partial charge < -0.3 is 14.4 Å². The monoisotopic (exact) mass is 309 g/mol. The average molecular weight is 309 g/mol. The quantitative estimate of drug-likeness (QED) is 0.818. The number of benzene rings is 2. The molecule has 0 aromatic heterocycles. The van der Waals surface area contributed by atoms with Crippen molar-refractivity contribution in [3.8, 4) is 11.5 Å². The number of β-lactam (4-membered cyclic amide) rings is 1. The van der Waals surface area contributed by atoms with Crippen LogP contribution in [0.15, 0.2) is 42.5 Å². The van der Waals surface area contributed by atoms with Crippen LogP contribution in [0.5, 0.6) is 11.5 Å². The zero-order valence-corrected chi connectivity index (χ0v) is 13.3. The molecule has 23 heavy (non-hydrogen) atoms. The molecule has 4 nitrogen and oxygen atoms in total. The summed E-state index contributed by atoms with van der Waals surface area (Å²) in [7, 11) is 3.23. The van der Waals surface area contributed by atoms with E-state index in [1.807, 2.05) is 23.1 Å². The molecule has 4 rings (SSSR count). The van der Waals surface area contributed by atoms with Crippen LogP contribution in [0.2, 0.25) is 0 Å². The molecule has 0 saturated carbocycles. The Morgan fingerprint density at radius 1 is 1.04 bits per heavy atom. The fraction of sp³-hybridized carbons (Fsp3) is 0.316. The van der Waals surface area contributed by atoms with Crippen LogP contribution in [-0.4, -0.2) is 31.6 Å². The van der Waals surface area contributed by atoms with Crippen molar-refractivity contribution in [2.45, 2.75) is 18.4 Å². The first-order chi connectivity index (χ1) is 11.2. The second-order valence-electron chi connectivity index (χ2n) is 6.02. The Labute approximate surface area is 135 Å². The first-order valence-electron chi connectivity index (χ1n) is 7.85. The molecule has 2 atom stereocenters. The summed E-state index contributed by atoms with van der Waals surface area (Å²) in [5.74, 6) is 1.43. The molecular weight excluding hydrogens is 290 g/mol. The minimum Gasteiger partial charge on any atom is -0.493 e. The highest BCUT2D eigenvalue weighted by Crippen LogP contribution is 2.50. The van der Waals surface area contributed by atoms with E-state index < -0.39 is 0 Å². The molecule has 118 valence electrons. The van der Waals surface area contributed by atoms with Crippen molar-refractivity contribution < 1.29 is 14.3 Å². The second-order valence-corrected chi connectivity index (χ2v) is 6.02. The molecule has 2 aromatic carbocycles. The highest BCUT2D eigenvalue weighted by atomic mass is 16.5. The van der Waals surface area contributed by atoms with Crippen LogP contribution in [0.3, 0.4) is 0 Å². The lowest BCUT2D eigenvalue weighted by Crippen LogP contribution is -2.56. The third kappa shape index (κ3) is 2.01. The van der Waals surface area contributed by atoms with Gasteiger partial charge in [-0.3, -0.25) is 4.79 Å². The van der Waals surface area contributed by atoms with Gasteiger partial charge in [0.2, 0.25) is 5.91 Å². The van der Waals surface area contributed by atoms with Gasteiger partial charge in [-0.15, -0.1) is 0 Å². The summed E-state index contributed by atoms with van der Waals surface area (Å²) in [4.78, 5) is 14.6. The first-order valence-corrected chi connectivity index (χ1v) is 7.85. The topological polar surface area (TPSA) is 38.8 Å². The van der Waals surface area contributed by atoms with Gasteiger partial charge in [-0.05, 0) is 35.2 Å². The smallest absolute Gasteiger partial charge is 0.233 e. The van der Waals surface area contributed by atoms with Crippen LogP contribution < -0.4 is 9.47 Å². The summed E-state index contributed by atoms with van der Waals surface area (Å²) >= 11 is 0. The van der Waals surface area contributed by atoms with Crippen molar-refractivity contribution in [3.05, 3.63) is 59.2 Å². The summed E-state index contributed by atoms with van der Waals surface area (Å²) in [6, 6.07) is 14.4. The summed E-state index contributed by atoms with van der Waals surface area (Å²) in [6.45, 7) is 0.810. The van der Waals surface area contributed by atoms with E-state index >= 15 is 0 Å². The Morgan fingerprint density at radius 3 is 2.61 bits per heavy atom. The van der Waals surface area contributed by atoms with E-state index in [1.54, 1.807) is 14.2 Å². The Bertz CT molecular complexity index is 771. The third-order valence-electron chi connectivity index (χ3n) is 4.96. The van der Waals surface area contributed by atoms with Gasteiger partial charge >= 0.3 is 0 Å². The van der Waals surface area contributed by atoms with E-state index in [-0.39, 0.29) is 17.9 Å². The molecular formula is C19H19NO3. The molecule has 0 spiro atoms. The predicted molar refractivity (Wildman–Crippen MR) is 86.9 cm³/mol. The molecule has 1 saturated heterocycles. The molecule has 0 bridgehead atoms. The zero-order chi connectivity index (χ0) is 16.0. The number of hydrogen-bond acceptors (Lipinski definition) is 3. The standard InChI is InChI=1S/C19H19NO3/c1-22-15-8-7-13(11-16(15)23-2)17-18-14-6-4-3-5-12(14)9-10-20(18)19(17)21/h3-8,11,17-18H,9-10H2,1-2H3. The SMILES string of the molecule is COc1ccc(C2C(=O)N3CCc4ccccc4C23)cc1OC. The lowest BCUT2D eigenvalue weighted by molar-refractivity contribution is -0.151. The van der Waals surface area contributed by atoms with E-state index in [1.165, 1.54) is 11.1 Å². The van der Waals surface area contributed by atoms with Crippen molar-refractivity contribution >= 4 is 5.91 Å². The van der Waals surface area contributed by atoms with Gasteiger partial charge in [-0.2, -0.15) is 0 Å². The van der Waals surface area contributed by atoms with Gasteiger partial charge in [0.1, 0.15) is 0 Å². The number of hydrogen-bond donors (Lipinski definition) is 0. The average Bonchev–Trinajstić information content (AvgIpc) is 2.60. The van der Waals surface area contributed by atoms with Crippen LogP contribution in [0.1, 0.15) is 28.7 Å². The van der Waals surface area contributed by atoms with Crippen molar-refractivity contribution in [2.75, 3.05) is 20.8 Å². The number of ether oxygens (including phenoxy) is 2. The molecule has 0 aliphatic carbocycles. The number of nitrogens with zero attached hydrogens (tertiary/aromatic N) is 1. The number of methoxy groups -OCH3 is 2. The van der Waals surface area contributed by atoms with Crippen molar-refractivity contribution in [1.29, 1.82) is 0 Å². The molecule has 2 unspecified atom stereocenters. The van der Waals surface area contributed by atoms with E-state index in [9.17, 15) is 4.79 Å². The summed E-state index contributed by atoms with van der Waals surface area (Å²) < 4.78 is 10.7. The summed E-state index contributed by atoms with van der Waals surface area (Å²) in [5.41, 5.74) is 3.62. The Balaban J connectivity index is 1.75. The van der Waals surface area contributed by atoms with Crippen LogP contribution in [0.4, 0.5) is 0 Å². The maximum absolute atomic E-state index is 12.6. The Hall–Kier alpha value is -2.49. The van der Waals surface area contributed by atoms with E-state index in [0.29, 0.717) is 11.5 Å². The van der Waals surface area contributed by atoms with Gasteiger partial charge in [-0.25, -0.2) is 0 Å². The van der Waals surface area contributed by atoms with E-state index in [2.05, 4.69) is 24.3 Å². The van der Waals surface area contributed by atoms with Crippen LogP contribution >= 0.6 is 0 Å². The van der Waals surface area contributed by atoms with Gasteiger partial charge in [-0.1, -0.05) is 30.3 Å². The highest BCUT2D eigenvalue weighted by Gasteiger charge is 2.50. The minimum atomic E-state index is -0.128. The number of carbonyl (C=O) groups is 1. The number of amides is 1. The molecule has 0 radical (unpaired) electrons. The molecule has 2 aliphatic rings. The zero-order valence-electron chi connectivity index (χ0n) is 13.3. The lowest BCUT2D eigenvalue weighted by Gasteiger charge is -2.51. The molecule has 2 aliphatic heterocycles. The predicted octanol–water partition coefficient (Wildman–Crippen LogP) is 2.93. The maximum atomic E-state index is 12.6. The Morgan fingerprint density at radius 2 is 1.83 bits per heavy atom. The Kier molecular flexibility index (Phi) is 3.26. The lowest BCUT2D eigenvalue weighted by atomic mass is 9.74. The fourth-order valence-corrected chi connectivity index (χ4v) is 3.81. The third-order valence-corrected chi connectivity index (χ3v) is 4.96.